The lowest BCUT2D eigenvalue weighted by Crippen LogP contribution is -2.10. The molecule has 0 fully saturated rings. The van der Waals surface area contributed by atoms with Crippen LogP contribution in [0.2, 0.25) is 0 Å². The van der Waals surface area contributed by atoms with E-state index in [9.17, 15) is 9.59 Å². The third-order valence-corrected chi connectivity index (χ3v) is 4.39. The SMILES string of the molecule is CCOc1ccc(CCC(=O)Oc2ccc(/C=C(\C#N)C(=O)OC)cc2OC)cc1OC. The fraction of sp³-hybridized carbons (Fsp3) is 0.292. The summed E-state index contributed by atoms with van der Waals surface area (Å²) in [6.45, 7) is 2.42. The molecule has 8 heteroatoms. The standard InChI is InChI=1S/C24H25NO7/c1-5-31-19-9-6-16(13-21(19)28-2)8-11-23(26)32-20-10-7-17(14-22(20)29-3)12-18(15-25)24(27)30-4/h6-7,9-10,12-14H,5,8,11H2,1-4H3/b18-12+. The molecule has 0 aliphatic heterocycles. The van der Waals surface area contributed by atoms with Gasteiger partial charge >= 0.3 is 11.9 Å². The number of benzene rings is 2. The number of nitrogens with zero attached hydrogens (tertiary/aromatic N) is 1. The quantitative estimate of drug-likeness (QED) is 0.239. The fourth-order valence-corrected chi connectivity index (χ4v) is 2.83. The van der Waals surface area contributed by atoms with Crippen molar-refractivity contribution in [3.8, 4) is 29.1 Å². The largest absolute Gasteiger partial charge is 0.493 e. The predicted octanol–water partition coefficient (Wildman–Crippen LogP) is 3.72. The molecular formula is C24H25NO7. The van der Waals surface area contributed by atoms with Gasteiger partial charge < -0.3 is 23.7 Å². The number of carbonyl (C=O) groups is 2. The van der Waals surface area contributed by atoms with Crippen LogP contribution in [0.15, 0.2) is 42.0 Å². The van der Waals surface area contributed by atoms with Gasteiger partial charge in [-0.15, -0.1) is 0 Å². The highest BCUT2D eigenvalue weighted by Crippen LogP contribution is 2.30. The minimum Gasteiger partial charge on any atom is -0.493 e. The first-order valence-electron chi connectivity index (χ1n) is 9.84. The zero-order valence-electron chi connectivity index (χ0n) is 18.5. The molecule has 8 nitrogen and oxygen atoms in total. The lowest BCUT2D eigenvalue weighted by Gasteiger charge is -2.12. The number of ether oxygens (including phenoxy) is 5. The van der Waals surface area contributed by atoms with Crippen molar-refractivity contribution < 1.29 is 33.3 Å². The zero-order chi connectivity index (χ0) is 23.5. The van der Waals surface area contributed by atoms with Crippen LogP contribution in [0.1, 0.15) is 24.5 Å². The van der Waals surface area contributed by atoms with Gasteiger partial charge in [-0.1, -0.05) is 12.1 Å². The Labute approximate surface area is 186 Å². The molecule has 2 aromatic rings. The summed E-state index contributed by atoms with van der Waals surface area (Å²) in [5.41, 5.74) is 1.26. The van der Waals surface area contributed by atoms with Crippen LogP contribution < -0.4 is 18.9 Å². The van der Waals surface area contributed by atoms with Crippen molar-refractivity contribution in [2.45, 2.75) is 19.8 Å². The molecule has 32 heavy (non-hydrogen) atoms. The van der Waals surface area contributed by atoms with Crippen molar-refractivity contribution >= 4 is 18.0 Å². The van der Waals surface area contributed by atoms with Gasteiger partial charge in [0, 0.05) is 6.42 Å². The van der Waals surface area contributed by atoms with E-state index < -0.39 is 11.9 Å². The molecule has 168 valence electrons. The summed E-state index contributed by atoms with van der Waals surface area (Å²) < 4.78 is 26.1. The summed E-state index contributed by atoms with van der Waals surface area (Å²) in [5.74, 6) is 0.589. The van der Waals surface area contributed by atoms with Crippen LogP contribution in [-0.2, 0) is 20.7 Å². The van der Waals surface area contributed by atoms with E-state index >= 15 is 0 Å². The van der Waals surface area contributed by atoms with E-state index in [-0.39, 0.29) is 23.5 Å². The summed E-state index contributed by atoms with van der Waals surface area (Å²) in [6, 6.07) is 12.0. The number of hydrogen-bond acceptors (Lipinski definition) is 8. The maximum absolute atomic E-state index is 12.4. The molecule has 0 aliphatic rings. The minimum absolute atomic E-state index is 0.142. The van der Waals surface area contributed by atoms with Crippen LogP contribution in [0.3, 0.4) is 0 Å². The number of methoxy groups -OCH3 is 3. The van der Waals surface area contributed by atoms with Gasteiger partial charge in [0.2, 0.25) is 0 Å². The zero-order valence-corrected chi connectivity index (χ0v) is 18.5. The number of carbonyl (C=O) groups excluding carboxylic acids is 2. The number of esters is 2. The van der Waals surface area contributed by atoms with Gasteiger partial charge in [0.25, 0.3) is 0 Å². The Hall–Kier alpha value is -3.99. The Kier molecular flexibility index (Phi) is 9.11. The molecule has 0 amide bonds. The molecule has 0 spiro atoms. The number of rotatable bonds is 10. The molecule has 0 N–H and O–H groups in total. The smallest absolute Gasteiger partial charge is 0.348 e. The molecule has 0 saturated carbocycles. The number of aryl methyl sites for hydroxylation is 1. The Balaban J connectivity index is 2.07. The minimum atomic E-state index is -0.743. The first-order valence-corrected chi connectivity index (χ1v) is 9.84. The molecule has 0 saturated heterocycles. The van der Waals surface area contributed by atoms with E-state index in [1.165, 1.54) is 26.4 Å². The molecule has 2 rings (SSSR count). The molecule has 0 bridgehead atoms. The van der Waals surface area contributed by atoms with Crippen molar-refractivity contribution in [1.29, 1.82) is 5.26 Å². The Morgan fingerprint density at radius 1 is 0.969 bits per heavy atom. The third kappa shape index (κ3) is 6.51. The molecule has 0 aromatic heterocycles. The molecule has 0 unspecified atom stereocenters. The first kappa shape index (κ1) is 24.3. The van der Waals surface area contributed by atoms with Crippen LogP contribution >= 0.6 is 0 Å². The maximum Gasteiger partial charge on any atom is 0.348 e. The van der Waals surface area contributed by atoms with E-state index in [0.717, 1.165) is 5.56 Å². The van der Waals surface area contributed by atoms with Crippen LogP contribution in [0.4, 0.5) is 0 Å². The Morgan fingerprint density at radius 3 is 2.28 bits per heavy atom. The van der Waals surface area contributed by atoms with Gasteiger partial charge in [-0.2, -0.15) is 5.26 Å². The van der Waals surface area contributed by atoms with E-state index in [0.29, 0.717) is 30.1 Å². The van der Waals surface area contributed by atoms with Crippen LogP contribution in [0, 0.1) is 11.3 Å². The lowest BCUT2D eigenvalue weighted by molar-refractivity contribution is -0.136. The molecule has 0 radical (unpaired) electrons. The highest BCUT2D eigenvalue weighted by molar-refractivity contribution is 5.97. The Morgan fingerprint density at radius 2 is 1.66 bits per heavy atom. The van der Waals surface area contributed by atoms with Crippen molar-refractivity contribution in [1.82, 2.24) is 0 Å². The van der Waals surface area contributed by atoms with E-state index in [1.54, 1.807) is 25.3 Å². The average molecular weight is 439 g/mol. The average Bonchev–Trinajstić information content (AvgIpc) is 2.82. The highest BCUT2D eigenvalue weighted by Gasteiger charge is 2.14. The third-order valence-electron chi connectivity index (χ3n) is 4.39. The van der Waals surface area contributed by atoms with Gasteiger partial charge in [0.15, 0.2) is 23.0 Å². The molecule has 0 heterocycles. The summed E-state index contributed by atoms with van der Waals surface area (Å²) in [4.78, 5) is 23.9. The molecule has 0 aliphatic carbocycles. The van der Waals surface area contributed by atoms with Gasteiger partial charge in [-0.05, 0) is 54.8 Å². The summed E-state index contributed by atoms with van der Waals surface area (Å²) in [7, 11) is 4.18. The van der Waals surface area contributed by atoms with E-state index in [1.807, 2.05) is 25.1 Å². The highest BCUT2D eigenvalue weighted by atomic mass is 16.6. The van der Waals surface area contributed by atoms with E-state index in [4.69, 9.17) is 24.2 Å². The van der Waals surface area contributed by atoms with E-state index in [2.05, 4.69) is 4.74 Å². The second-order valence-corrected chi connectivity index (χ2v) is 6.46. The molecular weight excluding hydrogens is 414 g/mol. The lowest BCUT2D eigenvalue weighted by atomic mass is 10.1. The van der Waals surface area contributed by atoms with Crippen molar-refractivity contribution in [3.63, 3.8) is 0 Å². The van der Waals surface area contributed by atoms with Crippen molar-refractivity contribution in [2.24, 2.45) is 0 Å². The second kappa shape index (κ2) is 12.0. The fourth-order valence-electron chi connectivity index (χ4n) is 2.83. The predicted molar refractivity (Wildman–Crippen MR) is 117 cm³/mol. The normalized spacial score (nSPS) is 10.7. The summed E-state index contributed by atoms with van der Waals surface area (Å²) in [5, 5.41) is 9.08. The first-order chi connectivity index (χ1) is 15.4. The van der Waals surface area contributed by atoms with Crippen LogP contribution in [-0.4, -0.2) is 39.9 Å². The Bertz CT molecular complexity index is 1040. The van der Waals surface area contributed by atoms with Gasteiger partial charge in [-0.3, -0.25) is 4.79 Å². The molecule has 0 atom stereocenters. The van der Waals surface area contributed by atoms with Gasteiger partial charge in [0.05, 0.1) is 27.9 Å². The van der Waals surface area contributed by atoms with Crippen molar-refractivity contribution in [2.75, 3.05) is 27.9 Å². The molecule has 2 aromatic carbocycles. The van der Waals surface area contributed by atoms with Gasteiger partial charge in [0.1, 0.15) is 11.6 Å². The summed E-state index contributed by atoms with van der Waals surface area (Å²) >= 11 is 0. The van der Waals surface area contributed by atoms with Crippen LogP contribution in [0.5, 0.6) is 23.0 Å². The topological polar surface area (TPSA) is 104 Å². The van der Waals surface area contributed by atoms with Gasteiger partial charge in [-0.25, -0.2) is 4.79 Å². The van der Waals surface area contributed by atoms with Crippen molar-refractivity contribution in [3.05, 3.63) is 53.1 Å². The van der Waals surface area contributed by atoms with Crippen LogP contribution in [0.25, 0.3) is 6.08 Å². The maximum atomic E-state index is 12.4. The number of nitriles is 1. The summed E-state index contributed by atoms with van der Waals surface area (Å²) in [6.07, 6.45) is 1.96. The monoisotopic (exact) mass is 439 g/mol. The second-order valence-electron chi connectivity index (χ2n) is 6.46. The number of hydrogen-bond donors (Lipinski definition) is 0.